The molecule has 0 fully saturated rings. The molecular weight excluding hydrogens is 512 g/mol. The molecule has 0 unspecified atom stereocenters. The van der Waals surface area contributed by atoms with Crippen LogP contribution in [0.5, 0.6) is 0 Å². The van der Waals surface area contributed by atoms with Crippen molar-refractivity contribution in [3.8, 4) is 0 Å². The van der Waals surface area contributed by atoms with Crippen molar-refractivity contribution in [2.75, 3.05) is 21.3 Å². The molecule has 0 bridgehead atoms. The SMILES string of the molecule is Cc1ccc(NC(=O)Nc2ccc(S(=O)(=O)c3ccc(NC(=O)Nc4ccc(C)cc4C)cc3)cc2)c(C)c1. The van der Waals surface area contributed by atoms with Gasteiger partial charge in [-0.25, -0.2) is 18.0 Å². The maximum absolute atomic E-state index is 13.1. The molecule has 0 aliphatic rings. The fourth-order valence-corrected chi connectivity index (χ4v) is 5.31. The lowest BCUT2D eigenvalue weighted by Crippen LogP contribution is -2.20. The molecule has 4 rings (SSSR count). The summed E-state index contributed by atoms with van der Waals surface area (Å²) in [5.41, 5.74) is 6.36. The molecule has 0 spiro atoms. The Kier molecular flexibility index (Phi) is 8.01. The highest BCUT2D eigenvalue weighted by Gasteiger charge is 2.18. The summed E-state index contributed by atoms with van der Waals surface area (Å²) in [5.74, 6) is 0. The lowest BCUT2D eigenvalue weighted by molar-refractivity contribution is 0.261. The molecule has 8 nitrogen and oxygen atoms in total. The highest BCUT2D eigenvalue weighted by molar-refractivity contribution is 7.91. The van der Waals surface area contributed by atoms with Gasteiger partial charge in [0.1, 0.15) is 0 Å². The first-order chi connectivity index (χ1) is 18.5. The molecule has 0 heterocycles. The van der Waals surface area contributed by atoms with Crippen LogP contribution >= 0.6 is 0 Å². The van der Waals surface area contributed by atoms with Crippen molar-refractivity contribution in [2.45, 2.75) is 37.5 Å². The van der Waals surface area contributed by atoms with Gasteiger partial charge in [-0.15, -0.1) is 0 Å². The zero-order valence-corrected chi connectivity index (χ0v) is 22.9. The minimum absolute atomic E-state index is 0.0798. The second kappa shape index (κ2) is 11.4. The number of amides is 4. The van der Waals surface area contributed by atoms with Crippen LogP contribution in [0.25, 0.3) is 0 Å². The summed E-state index contributed by atoms with van der Waals surface area (Å²) in [7, 11) is -3.80. The summed E-state index contributed by atoms with van der Waals surface area (Å²) in [4.78, 5) is 24.9. The standard InChI is InChI=1S/C30H30N4O4S/c1-19-5-15-27(21(3)17-19)33-29(35)31-23-7-11-25(12-8-23)39(37,38)26-13-9-24(10-14-26)32-30(36)34-28-16-6-20(2)18-22(28)4/h5-18H,1-4H3,(H2,31,33,35)(H2,32,34,36). The summed E-state index contributed by atoms with van der Waals surface area (Å²) in [6.07, 6.45) is 0. The Hall–Kier alpha value is -4.63. The van der Waals surface area contributed by atoms with Crippen LogP contribution in [-0.2, 0) is 9.84 Å². The highest BCUT2D eigenvalue weighted by Crippen LogP contribution is 2.24. The molecule has 4 amide bonds. The van der Waals surface area contributed by atoms with Gasteiger partial charge >= 0.3 is 12.1 Å². The molecular formula is C30H30N4O4S. The summed E-state index contributed by atoms with van der Waals surface area (Å²) in [6, 6.07) is 22.4. The van der Waals surface area contributed by atoms with Gasteiger partial charge in [0, 0.05) is 22.7 Å². The number of rotatable bonds is 6. The van der Waals surface area contributed by atoms with Gasteiger partial charge in [-0.3, -0.25) is 0 Å². The van der Waals surface area contributed by atoms with E-state index in [4.69, 9.17) is 0 Å². The Bertz CT molecular complexity index is 1510. The number of carbonyl (C=O) groups excluding carboxylic acids is 2. The molecule has 0 aliphatic carbocycles. The Morgan fingerprint density at radius 2 is 0.872 bits per heavy atom. The summed E-state index contributed by atoms with van der Waals surface area (Å²) in [6.45, 7) is 7.77. The molecule has 0 saturated heterocycles. The number of anilines is 4. The Labute approximate surface area is 228 Å². The molecule has 0 aromatic heterocycles. The molecule has 0 atom stereocenters. The average molecular weight is 543 g/mol. The van der Waals surface area contributed by atoms with E-state index >= 15 is 0 Å². The minimum Gasteiger partial charge on any atom is -0.308 e. The van der Waals surface area contributed by atoms with Crippen molar-refractivity contribution < 1.29 is 18.0 Å². The number of hydrogen-bond acceptors (Lipinski definition) is 4. The topological polar surface area (TPSA) is 116 Å². The average Bonchev–Trinajstić information content (AvgIpc) is 2.88. The highest BCUT2D eigenvalue weighted by atomic mass is 32.2. The number of carbonyl (C=O) groups is 2. The zero-order chi connectivity index (χ0) is 28.2. The molecule has 4 aromatic carbocycles. The van der Waals surface area contributed by atoms with E-state index in [-0.39, 0.29) is 9.79 Å². The molecule has 0 radical (unpaired) electrons. The Balaban J connectivity index is 1.38. The summed E-state index contributed by atoms with van der Waals surface area (Å²) < 4.78 is 26.2. The molecule has 0 saturated carbocycles. The predicted octanol–water partition coefficient (Wildman–Crippen LogP) is 7.04. The van der Waals surface area contributed by atoms with Crippen LogP contribution in [0.3, 0.4) is 0 Å². The Morgan fingerprint density at radius 1 is 0.513 bits per heavy atom. The largest absolute Gasteiger partial charge is 0.323 e. The maximum atomic E-state index is 13.1. The monoisotopic (exact) mass is 542 g/mol. The van der Waals surface area contributed by atoms with Gasteiger partial charge in [-0.05, 0) is 99.5 Å². The number of hydrogen-bond donors (Lipinski definition) is 4. The first-order valence-electron chi connectivity index (χ1n) is 12.3. The zero-order valence-electron chi connectivity index (χ0n) is 22.1. The number of urea groups is 2. The fourth-order valence-electron chi connectivity index (χ4n) is 4.05. The summed E-state index contributed by atoms with van der Waals surface area (Å²) >= 11 is 0. The van der Waals surface area contributed by atoms with Crippen molar-refractivity contribution in [3.63, 3.8) is 0 Å². The third-order valence-electron chi connectivity index (χ3n) is 6.11. The van der Waals surface area contributed by atoms with E-state index < -0.39 is 21.9 Å². The second-order valence-corrected chi connectivity index (χ2v) is 11.3. The number of benzene rings is 4. The fraction of sp³-hybridized carbons (Fsp3) is 0.133. The third kappa shape index (κ3) is 6.82. The van der Waals surface area contributed by atoms with Crippen LogP contribution in [-0.4, -0.2) is 20.5 Å². The van der Waals surface area contributed by atoms with Gasteiger partial charge in [0.15, 0.2) is 0 Å². The van der Waals surface area contributed by atoms with E-state index in [0.717, 1.165) is 22.3 Å². The van der Waals surface area contributed by atoms with Gasteiger partial charge in [0.25, 0.3) is 0 Å². The van der Waals surface area contributed by atoms with Gasteiger partial charge in [0.2, 0.25) is 9.84 Å². The number of sulfone groups is 1. The quantitative estimate of drug-likeness (QED) is 0.209. The molecule has 200 valence electrons. The van der Waals surface area contributed by atoms with Gasteiger partial charge in [-0.2, -0.15) is 0 Å². The molecule has 4 N–H and O–H groups in total. The molecule has 9 heteroatoms. The van der Waals surface area contributed by atoms with E-state index in [0.29, 0.717) is 22.7 Å². The van der Waals surface area contributed by atoms with Crippen LogP contribution < -0.4 is 21.3 Å². The van der Waals surface area contributed by atoms with E-state index in [9.17, 15) is 18.0 Å². The van der Waals surface area contributed by atoms with Crippen molar-refractivity contribution in [1.82, 2.24) is 0 Å². The summed E-state index contributed by atoms with van der Waals surface area (Å²) in [5, 5.41) is 11.0. The maximum Gasteiger partial charge on any atom is 0.323 e. The predicted molar refractivity (Wildman–Crippen MR) is 155 cm³/mol. The van der Waals surface area contributed by atoms with Gasteiger partial charge in [-0.1, -0.05) is 35.4 Å². The molecule has 4 aromatic rings. The first-order valence-corrected chi connectivity index (χ1v) is 13.8. The van der Waals surface area contributed by atoms with Gasteiger partial charge in [0.05, 0.1) is 9.79 Å². The van der Waals surface area contributed by atoms with E-state index in [1.54, 1.807) is 0 Å². The second-order valence-electron chi connectivity index (χ2n) is 9.35. The van der Waals surface area contributed by atoms with Gasteiger partial charge < -0.3 is 21.3 Å². The third-order valence-corrected chi connectivity index (χ3v) is 7.89. The molecule has 39 heavy (non-hydrogen) atoms. The van der Waals surface area contributed by atoms with Crippen molar-refractivity contribution in [2.24, 2.45) is 0 Å². The normalized spacial score (nSPS) is 11.0. The number of aryl methyl sites for hydroxylation is 4. The first kappa shape index (κ1) is 27.4. The van der Waals surface area contributed by atoms with Crippen LogP contribution in [0.1, 0.15) is 22.3 Å². The van der Waals surface area contributed by atoms with Crippen LogP contribution in [0, 0.1) is 27.7 Å². The Morgan fingerprint density at radius 3 is 1.21 bits per heavy atom. The van der Waals surface area contributed by atoms with Crippen molar-refractivity contribution in [3.05, 3.63) is 107 Å². The lowest BCUT2D eigenvalue weighted by Gasteiger charge is -2.12. The van der Waals surface area contributed by atoms with Crippen molar-refractivity contribution >= 4 is 44.6 Å². The minimum atomic E-state index is -3.80. The lowest BCUT2D eigenvalue weighted by atomic mass is 10.1. The number of nitrogens with one attached hydrogen (secondary N) is 4. The molecule has 0 aliphatic heterocycles. The van der Waals surface area contributed by atoms with Crippen LogP contribution in [0.4, 0.5) is 32.3 Å². The van der Waals surface area contributed by atoms with Crippen LogP contribution in [0.2, 0.25) is 0 Å². The van der Waals surface area contributed by atoms with Crippen molar-refractivity contribution in [1.29, 1.82) is 0 Å². The van der Waals surface area contributed by atoms with Crippen LogP contribution in [0.15, 0.2) is 94.7 Å². The van der Waals surface area contributed by atoms with E-state index in [2.05, 4.69) is 21.3 Å². The van der Waals surface area contributed by atoms with E-state index in [1.807, 2.05) is 64.1 Å². The smallest absolute Gasteiger partial charge is 0.308 e. The van der Waals surface area contributed by atoms with E-state index in [1.165, 1.54) is 48.5 Å².